The number of rotatable bonds is 10. The first-order valence-electron chi connectivity index (χ1n) is 13.0. The number of benzene rings is 2. The molecule has 39 heavy (non-hydrogen) atoms. The second kappa shape index (κ2) is 14.0. The molecule has 0 fully saturated rings. The number of H-pyrrole nitrogens is 1. The fraction of sp³-hybridized carbons (Fsp3) is 0.400. The van der Waals surface area contributed by atoms with Crippen LogP contribution in [0.2, 0.25) is 0 Å². The number of ether oxygens (including phenoxy) is 1. The monoisotopic (exact) mass is 556 g/mol. The average molecular weight is 557 g/mol. The number of aromatic amines is 1. The molecule has 0 bridgehead atoms. The molecule has 2 heterocycles. The summed E-state index contributed by atoms with van der Waals surface area (Å²) in [5.74, 6) is 0.475. The molecule has 202 valence electrons. The molecular formula is C30H37KN4O4. The van der Waals surface area contributed by atoms with Gasteiger partial charge in [0, 0.05) is 31.2 Å². The van der Waals surface area contributed by atoms with Gasteiger partial charge in [-0.2, -0.15) is 0 Å². The van der Waals surface area contributed by atoms with Crippen LogP contribution in [0.15, 0.2) is 62.6 Å². The van der Waals surface area contributed by atoms with E-state index in [0.29, 0.717) is 31.2 Å². The smallest absolute Gasteiger partial charge is 1.00 e. The molecule has 0 aliphatic carbocycles. The Labute approximate surface area is 273 Å². The second-order valence-corrected chi connectivity index (χ2v) is 10.8. The van der Waals surface area contributed by atoms with E-state index in [9.17, 15) is 9.59 Å². The maximum Gasteiger partial charge on any atom is 1.00 e. The van der Waals surface area contributed by atoms with E-state index in [2.05, 4.69) is 37.8 Å². The van der Waals surface area contributed by atoms with Crippen LogP contribution >= 0.6 is 0 Å². The molecule has 8 nitrogen and oxygen atoms in total. The minimum Gasteiger partial charge on any atom is -1.00 e. The minimum absolute atomic E-state index is 0. The van der Waals surface area contributed by atoms with Gasteiger partial charge in [0.1, 0.15) is 12.4 Å². The fourth-order valence-electron chi connectivity index (χ4n) is 4.59. The van der Waals surface area contributed by atoms with Gasteiger partial charge in [-0.25, -0.2) is 9.78 Å². The van der Waals surface area contributed by atoms with E-state index in [0.717, 1.165) is 52.8 Å². The van der Waals surface area contributed by atoms with Crippen LogP contribution in [-0.2, 0) is 30.7 Å². The molecule has 0 radical (unpaired) electrons. The van der Waals surface area contributed by atoms with Crippen LogP contribution in [0.4, 0.5) is 0 Å². The van der Waals surface area contributed by atoms with E-state index in [1.54, 1.807) is 11.7 Å². The summed E-state index contributed by atoms with van der Waals surface area (Å²) >= 11 is 0. The zero-order valence-corrected chi connectivity index (χ0v) is 27.0. The first-order valence-corrected chi connectivity index (χ1v) is 13.0. The van der Waals surface area contributed by atoms with Crippen molar-refractivity contribution >= 4 is 0 Å². The van der Waals surface area contributed by atoms with Crippen molar-refractivity contribution in [1.29, 1.82) is 0 Å². The summed E-state index contributed by atoms with van der Waals surface area (Å²) in [6.45, 7) is 9.36. The molecule has 4 aromatic rings. The van der Waals surface area contributed by atoms with Crippen molar-refractivity contribution in [3.8, 4) is 22.5 Å². The van der Waals surface area contributed by atoms with Crippen molar-refractivity contribution in [2.45, 2.75) is 66.5 Å². The summed E-state index contributed by atoms with van der Waals surface area (Å²) in [5.41, 5.74) is 5.23. The number of hydrogen-bond donors (Lipinski definition) is 1. The maximum absolute atomic E-state index is 13.8. The number of nitrogens with zero attached hydrogens (tertiary/aromatic N) is 3. The van der Waals surface area contributed by atoms with E-state index in [1.807, 2.05) is 48.5 Å². The molecule has 0 unspecified atom stereocenters. The van der Waals surface area contributed by atoms with Gasteiger partial charge >= 0.3 is 57.1 Å². The summed E-state index contributed by atoms with van der Waals surface area (Å²) in [4.78, 5) is 32.9. The fourth-order valence-corrected chi connectivity index (χ4v) is 4.59. The van der Waals surface area contributed by atoms with Crippen molar-refractivity contribution in [3.63, 3.8) is 0 Å². The van der Waals surface area contributed by atoms with Gasteiger partial charge in [-0.05, 0) is 34.9 Å². The number of unbranched alkanes of at least 4 members (excludes halogenated alkanes) is 1. The van der Waals surface area contributed by atoms with Crippen molar-refractivity contribution < 1.29 is 62.1 Å². The predicted molar refractivity (Wildman–Crippen MR) is 149 cm³/mol. The van der Waals surface area contributed by atoms with E-state index in [1.165, 1.54) is 0 Å². The minimum atomic E-state index is -0.591. The van der Waals surface area contributed by atoms with Crippen molar-refractivity contribution in [2.24, 2.45) is 5.41 Å². The zero-order chi connectivity index (χ0) is 27.3. The van der Waals surface area contributed by atoms with Crippen LogP contribution in [0.3, 0.4) is 0 Å². The van der Waals surface area contributed by atoms with Crippen LogP contribution in [0.1, 0.15) is 64.6 Å². The third-order valence-corrected chi connectivity index (χ3v) is 6.37. The molecule has 0 saturated carbocycles. The average Bonchev–Trinajstić information content (AvgIpc) is 3.33. The van der Waals surface area contributed by atoms with Gasteiger partial charge < -0.3 is 6.16 Å². The van der Waals surface area contributed by atoms with Gasteiger partial charge in [0.05, 0.1) is 5.69 Å². The Morgan fingerprint density at radius 2 is 1.74 bits per heavy atom. The van der Waals surface area contributed by atoms with Gasteiger partial charge in [0.15, 0.2) is 5.82 Å². The number of aromatic nitrogens is 4. The van der Waals surface area contributed by atoms with E-state index in [4.69, 9.17) is 14.2 Å². The van der Waals surface area contributed by atoms with Gasteiger partial charge in [0.2, 0.25) is 0 Å². The third kappa shape index (κ3) is 7.96. The molecule has 4 rings (SSSR count). The largest absolute Gasteiger partial charge is 1.00 e. The molecule has 0 aliphatic rings. The normalized spacial score (nSPS) is 11.4. The van der Waals surface area contributed by atoms with Crippen molar-refractivity contribution in [3.05, 3.63) is 92.1 Å². The molecule has 2 aromatic carbocycles. The molecular weight excluding hydrogens is 519 g/mol. The topological polar surface area (TPSA) is 103 Å². The Morgan fingerprint density at radius 3 is 2.33 bits per heavy atom. The van der Waals surface area contributed by atoms with Gasteiger partial charge in [0.25, 0.3) is 5.56 Å². The van der Waals surface area contributed by atoms with E-state index < -0.39 is 5.76 Å². The second-order valence-electron chi connectivity index (χ2n) is 10.8. The number of methoxy groups -OCH3 is 1. The summed E-state index contributed by atoms with van der Waals surface area (Å²) in [6.07, 6.45) is 3.25. The SMILES string of the molecule is CCCCc1nc(COC)n(CC(C)(C)C)c(=O)c1Cc1ccc(-c2ccccc2-c2noc(=O)[nH]2)cc1.[H-].[K+]. The van der Waals surface area contributed by atoms with Crippen LogP contribution < -0.4 is 62.7 Å². The van der Waals surface area contributed by atoms with Crippen LogP contribution in [0.25, 0.3) is 22.5 Å². The standard InChI is InChI=1S/C30H36N4O4.K.H/c1-6-7-12-25-24(28(35)34(19-30(2,3)4)26(31-25)18-37-5)17-20-13-15-21(16-14-20)22-10-8-9-11-23(22)27-32-29(36)38-33-27;;/h8-11,13-16H,6-7,12,17-19H2,1-5H3,(H,32,33,36);;/q;+1;-1. The Morgan fingerprint density at radius 1 is 1.05 bits per heavy atom. The quantitative estimate of drug-likeness (QED) is 0.301. The van der Waals surface area contributed by atoms with E-state index >= 15 is 0 Å². The van der Waals surface area contributed by atoms with Gasteiger partial charge in [-0.3, -0.25) is 18.9 Å². The maximum atomic E-state index is 13.8. The molecule has 2 aromatic heterocycles. The molecule has 9 heteroatoms. The Bertz CT molecular complexity index is 1500. The number of aryl methyl sites for hydroxylation is 1. The summed E-state index contributed by atoms with van der Waals surface area (Å²) < 4.78 is 11.9. The van der Waals surface area contributed by atoms with Crippen LogP contribution in [-0.4, -0.2) is 26.8 Å². The summed E-state index contributed by atoms with van der Waals surface area (Å²) in [6, 6.07) is 15.8. The molecule has 0 atom stereocenters. The first kappa shape index (κ1) is 31.4. The van der Waals surface area contributed by atoms with Gasteiger partial charge in [-0.1, -0.05) is 87.8 Å². The Kier molecular flexibility index (Phi) is 11.2. The summed E-state index contributed by atoms with van der Waals surface area (Å²) in [5, 5.41) is 3.85. The van der Waals surface area contributed by atoms with E-state index in [-0.39, 0.29) is 63.8 Å². The van der Waals surface area contributed by atoms with Crippen LogP contribution in [0.5, 0.6) is 0 Å². The summed E-state index contributed by atoms with van der Waals surface area (Å²) in [7, 11) is 1.63. The molecule has 0 spiro atoms. The third-order valence-electron chi connectivity index (χ3n) is 6.37. The van der Waals surface area contributed by atoms with Crippen molar-refractivity contribution in [1.82, 2.24) is 19.7 Å². The Balaban J connectivity index is 0.00000280. The molecule has 0 aliphatic heterocycles. The number of hydrogen-bond acceptors (Lipinski definition) is 6. The van der Waals surface area contributed by atoms with Crippen LogP contribution in [0, 0.1) is 5.41 Å². The van der Waals surface area contributed by atoms with Gasteiger partial charge in [-0.15, -0.1) is 0 Å². The molecule has 0 amide bonds. The Hall–Kier alpha value is -2.14. The number of nitrogens with one attached hydrogen (secondary N) is 1. The zero-order valence-electron chi connectivity index (χ0n) is 24.8. The molecule has 0 saturated heterocycles. The predicted octanol–water partition coefficient (Wildman–Crippen LogP) is 2.50. The molecule has 1 N–H and O–H groups in total. The van der Waals surface area contributed by atoms with Crippen molar-refractivity contribution in [2.75, 3.05) is 7.11 Å². The first-order chi connectivity index (χ1) is 18.2.